The highest BCUT2D eigenvalue weighted by Gasteiger charge is 2.12. The molecule has 1 rings (SSSR count). The van der Waals surface area contributed by atoms with Crippen molar-refractivity contribution in [3.63, 3.8) is 0 Å². The van der Waals surface area contributed by atoms with Crippen LogP contribution in [0, 0.1) is 0 Å². The van der Waals surface area contributed by atoms with Gasteiger partial charge in [0, 0.05) is 17.6 Å². The van der Waals surface area contributed by atoms with E-state index in [9.17, 15) is 4.79 Å². The molecular formula is C13H18ClNO2. The van der Waals surface area contributed by atoms with Crippen molar-refractivity contribution >= 4 is 17.6 Å². The van der Waals surface area contributed by atoms with E-state index in [0.29, 0.717) is 6.54 Å². The second kappa shape index (κ2) is 6.62. The number of nitrogens with zero attached hydrogens (tertiary/aromatic N) is 1. The van der Waals surface area contributed by atoms with E-state index in [1.54, 1.807) is 0 Å². The maximum atomic E-state index is 10.5. The Morgan fingerprint density at radius 3 is 2.71 bits per heavy atom. The summed E-state index contributed by atoms with van der Waals surface area (Å²) in [7, 11) is 1.93. The first-order chi connectivity index (χ1) is 8.00. The lowest BCUT2D eigenvalue weighted by atomic mass is 10.1. The quantitative estimate of drug-likeness (QED) is 0.850. The fraction of sp³-hybridized carbons (Fsp3) is 0.462. The molecular weight excluding hydrogens is 238 g/mol. The number of halogens is 1. The van der Waals surface area contributed by atoms with Crippen LogP contribution < -0.4 is 0 Å². The molecule has 0 saturated carbocycles. The summed E-state index contributed by atoms with van der Waals surface area (Å²) in [6.07, 6.45) is 0.999. The van der Waals surface area contributed by atoms with E-state index in [2.05, 4.69) is 6.92 Å². The molecule has 0 aliphatic rings. The minimum Gasteiger partial charge on any atom is -0.481 e. The van der Waals surface area contributed by atoms with Crippen LogP contribution in [-0.4, -0.2) is 35.6 Å². The molecule has 1 atom stereocenters. The SMILES string of the molecule is CC(Cc1ccccc1Cl)N(C)CCC(=O)O. The van der Waals surface area contributed by atoms with Gasteiger partial charge in [0.15, 0.2) is 0 Å². The second-order valence-electron chi connectivity index (χ2n) is 4.27. The zero-order valence-corrected chi connectivity index (χ0v) is 10.9. The predicted molar refractivity (Wildman–Crippen MR) is 69.5 cm³/mol. The lowest BCUT2D eigenvalue weighted by molar-refractivity contribution is -0.137. The van der Waals surface area contributed by atoms with Crippen molar-refractivity contribution in [2.45, 2.75) is 25.8 Å². The molecule has 0 spiro atoms. The van der Waals surface area contributed by atoms with Gasteiger partial charge in [-0.1, -0.05) is 29.8 Å². The van der Waals surface area contributed by atoms with E-state index in [4.69, 9.17) is 16.7 Å². The summed E-state index contributed by atoms with van der Waals surface area (Å²) in [5, 5.41) is 9.40. The zero-order valence-electron chi connectivity index (χ0n) is 10.2. The average molecular weight is 256 g/mol. The molecule has 0 aliphatic heterocycles. The highest BCUT2D eigenvalue weighted by Crippen LogP contribution is 2.18. The van der Waals surface area contributed by atoms with E-state index in [0.717, 1.165) is 17.0 Å². The van der Waals surface area contributed by atoms with E-state index in [1.165, 1.54) is 0 Å². The molecule has 0 amide bonds. The van der Waals surface area contributed by atoms with Crippen LogP contribution >= 0.6 is 11.6 Å². The molecule has 0 heterocycles. The van der Waals surface area contributed by atoms with Gasteiger partial charge >= 0.3 is 5.97 Å². The van der Waals surface area contributed by atoms with Gasteiger partial charge in [-0.3, -0.25) is 4.79 Å². The molecule has 1 unspecified atom stereocenters. The number of benzene rings is 1. The third-order valence-corrected chi connectivity index (χ3v) is 3.27. The first kappa shape index (κ1) is 14.0. The number of carbonyl (C=O) groups is 1. The van der Waals surface area contributed by atoms with E-state index in [-0.39, 0.29) is 12.5 Å². The molecule has 0 radical (unpaired) electrons. The molecule has 0 aromatic heterocycles. The topological polar surface area (TPSA) is 40.5 Å². The van der Waals surface area contributed by atoms with Crippen LogP contribution in [0.1, 0.15) is 18.9 Å². The molecule has 0 aliphatic carbocycles. The lowest BCUT2D eigenvalue weighted by Crippen LogP contribution is -2.32. The number of carboxylic acid groups (broad SMARTS) is 1. The van der Waals surface area contributed by atoms with Crippen LogP contribution in [0.2, 0.25) is 5.02 Å². The minimum atomic E-state index is -0.762. The van der Waals surface area contributed by atoms with Crippen molar-refractivity contribution in [2.24, 2.45) is 0 Å². The van der Waals surface area contributed by atoms with Gasteiger partial charge in [0.05, 0.1) is 6.42 Å². The number of rotatable bonds is 6. The molecule has 0 fully saturated rings. The van der Waals surface area contributed by atoms with Gasteiger partial charge in [-0.25, -0.2) is 0 Å². The summed E-state index contributed by atoms with van der Waals surface area (Å²) in [6, 6.07) is 8.02. The maximum Gasteiger partial charge on any atom is 0.304 e. The van der Waals surface area contributed by atoms with Gasteiger partial charge in [0.2, 0.25) is 0 Å². The Bertz CT molecular complexity index is 381. The first-order valence-electron chi connectivity index (χ1n) is 5.66. The van der Waals surface area contributed by atoms with Crippen LogP contribution in [0.4, 0.5) is 0 Å². The highest BCUT2D eigenvalue weighted by molar-refractivity contribution is 6.31. The van der Waals surface area contributed by atoms with Crippen LogP contribution in [0.15, 0.2) is 24.3 Å². The van der Waals surface area contributed by atoms with Crippen molar-refractivity contribution in [3.8, 4) is 0 Å². The molecule has 94 valence electrons. The zero-order chi connectivity index (χ0) is 12.8. The second-order valence-corrected chi connectivity index (χ2v) is 4.68. The molecule has 4 heteroatoms. The summed E-state index contributed by atoms with van der Waals surface area (Å²) in [5.41, 5.74) is 1.10. The Kier molecular flexibility index (Phi) is 5.45. The van der Waals surface area contributed by atoms with Crippen LogP contribution in [-0.2, 0) is 11.2 Å². The molecule has 0 saturated heterocycles. The van der Waals surface area contributed by atoms with Gasteiger partial charge in [-0.2, -0.15) is 0 Å². The van der Waals surface area contributed by atoms with Crippen molar-refractivity contribution < 1.29 is 9.90 Å². The molecule has 0 bridgehead atoms. The van der Waals surface area contributed by atoms with Gasteiger partial charge in [-0.15, -0.1) is 0 Å². The monoisotopic (exact) mass is 255 g/mol. The third kappa shape index (κ3) is 4.75. The van der Waals surface area contributed by atoms with Gasteiger partial charge in [-0.05, 0) is 32.0 Å². The van der Waals surface area contributed by atoms with E-state index >= 15 is 0 Å². The smallest absolute Gasteiger partial charge is 0.304 e. The van der Waals surface area contributed by atoms with Crippen molar-refractivity contribution in [3.05, 3.63) is 34.9 Å². The fourth-order valence-electron chi connectivity index (χ4n) is 1.63. The summed E-state index contributed by atoms with van der Waals surface area (Å²) >= 11 is 6.09. The summed E-state index contributed by atoms with van der Waals surface area (Å²) in [5.74, 6) is -0.762. The summed E-state index contributed by atoms with van der Waals surface area (Å²) in [4.78, 5) is 12.5. The number of hydrogen-bond acceptors (Lipinski definition) is 2. The Balaban J connectivity index is 2.51. The number of aliphatic carboxylic acids is 1. The van der Waals surface area contributed by atoms with Crippen molar-refractivity contribution in [1.29, 1.82) is 0 Å². The predicted octanol–water partition coefficient (Wildman–Crippen LogP) is 2.68. The average Bonchev–Trinajstić information content (AvgIpc) is 2.28. The van der Waals surface area contributed by atoms with Crippen molar-refractivity contribution in [2.75, 3.05) is 13.6 Å². The molecule has 1 N–H and O–H groups in total. The molecule has 1 aromatic carbocycles. The summed E-state index contributed by atoms with van der Waals surface area (Å²) in [6.45, 7) is 2.63. The number of likely N-dealkylation sites (N-methyl/N-ethyl adjacent to an activating group) is 1. The van der Waals surface area contributed by atoms with E-state index in [1.807, 2.05) is 36.2 Å². The lowest BCUT2D eigenvalue weighted by Gasteiger charge is -2.24. The first-order valence-corrected chi connectivity index (χ1v) is 6.04. The van der Waals surface area contributed by atoms with Gasteiger partial charge in [0.25, 0.3) is 0 Å². The van der Waals surface area contributed by atoms with Crippen LogP contribution in [0.25, 0.3) is 0 Å². The third-order valence-electron chi connectivity index (χ3n) is 2.90. The minimum absolute atomic E-state index is 0.170. The Morgan fingerprint density at radius 2 is 2.12 bits per heavy atom. The highest BCUT2D eigenvalue weighted by atomic mass is 35.5. The largest absolute Gasteiger partial charge is 0.481 e. The molecule has 1 aromatic rings. The fourth-order valence-corrected chi connectivity index (χ4v) is 1.84. The van der Waals surface area contributed by atoms with Crippen molar-refractivity contribution in [1.82, 2.24) is 4.90 Å². The van der Waals surface area contributed by atoms with Gasteiger partial charge in [0.1, 0.15) is 0 Å². The Labute approximate surface area is 107 Å². The van der Waals surface area contributed by atoms with Crippen LogP contribution in [0.5, 0.6) is 0 Å². The maximum absolute atomic E-state index is 10.5. The van der Waals surface area contributed by atoms with E-state index < -0.39 is 5.97 Å². The molecule has 3 nitrogen and oxygen atoms in total. The Hall–Kier alpha value is -1.06. The number of carboxylic acids is 1. The van der Waals surface area contributed by atoms with Gasteiger partial charge < -0.3 is 10.0 Å². The van der Waals surface area contributed by atoms with Crippen LogP contribution in [0.3, 0.4) is 0 Å². The normalized spacial score (nSPS) is 12.7. The summed E-state index contributed by atoms with van der Waals surface area (Å²) < 4.78 is 0. The molecule has 17 heavy (non-hydrogen) atoms. The standard InChI is InChI=1S/C13H18ClNO2/c1-10(15(2)8-7-13(16)17)9-11-5-3-4-6-12(11)14/h3-6,10H,7-9H2,1-2H3,(H,16,17). The Morgan fingerprint density at radius 1 is 1.47 bits per heavy atom. The number of hydrogen-bond donors (Lipinski definition) is 1.